The number of guanidine groups is 1. The van der Waals surface area contributed by atoms with E-state index in [1.807, 2.05) is 10.6 Å². The summed E-state index contributed by atoms with van der Waals surface area (Å²) in [5.74, 6) is 1.51. The van der Waals surface area contributed by atoms with Crippen LogP contribution in [0.1, 0.15) is 6.92 Å². The summed E-state index contributed by atoms with van der Waals surface area (Å²) in [6.07, 6.45) is 7.05. The Bertz CT molecular complexity index is 860. The first-order valence-corrected chi connectivity index (χ1v) is 9.26. The predicted molar refractivity (Wildman–Crippen MR) is 108 cm³/mol. The smallest absolute Gasteiger partial charge is 0.243 e. The number of anilines is 1. The standard InChI is InChI=1S/C18H27N9O/c1-5-6-20-18(21-11-15(28)24(3)4)25-9-10-27(14(2)12-25)16-17-23-22-13-26(17)8-7-19-16/h5,7-8,13-14H,1,6,9-12H2,2-4H3,(H,20,21). The molecule has 0 bridgehead atoms. The number of nitrogens with one attached hydrogen (secondary N) is 1. The van der Waals surface area contributed by atoms with Crippen molar-refractivity contribution in [3.8, 4) is 0 Å². The lowest BCUT2D eigenvalue weighted by Gasteiger charge is -2.41. The normalized spacial score (nSPS) is 17.7. The average molecular weight is 385 g/mol. The Morgan fingerprint density at radius 2 is 2.29 bits per heavy atom. The summed E-state index contributed by atoms with van der Waals surface area (Å²) >= 11 is 0. The minimum absolute atomic E-state index is 0.0349. The van der Waals surface area contributed by atoms with E-state index in [-0.39, 0.29) is 18.5 Å². The van der Waals surface area contributed by atoms with Crippen molar-refractivity contribution in [1.29, 1.82) is 0 Å². The Kier molecular flexibility index (Phi) is 6.07. The molecular weight excluding hydrogens is 358 g/mol. The van der Waals surface area contributed by atoms with Crippen molar-refractivity contribution < 1.29 is 4.79 Å². The second-order valence-corrected chi connectivity index (χ2v) is 6.90. The van der Waals surface area contributed by atoms with Crippen molar-refractivity contribution in [3.05, 3.63) is 31.4 Å². The van der Waals surface area contributed by atoms with Crippen LogP contribution in [0.5, 0.6) is 0 Å². The molecule has 150 valence electrons. The molecule has 1 N–H and O–H groups in total. The van der Waals surface area contributed by atoms with Gasteiger partial charge in [-0.1, -0.05) is 6.08 Å². The molecule has 10 heteroatoms. The average Bonchev–Trinajstić information content (AvgIpc) is 3.16. The Morgan fingerprint density at radius 3 is 3.00 bits per heavy atom. The quantitative estimate of drug-likeness (QED) is 0.435. The number of carbonyl (C=O) groups is 1. The van der Waals surface area contributed by atoms with Crippen LogP contribution in [0.2, 0.25) is 0 Å². The van der Waals surface area contributed by atoms with Crippen molar-refractivity contribution >= 4 is 23.3 Å². The zero-order chi connectivity index (χ0) is 20.1. The van der Waals surface area contributed by atoms with Crippen molar-refractivity contribution in [1.82, 2.24) is 34.7 Å². The van der Waals surface area contributed by atoms with Gasteiger partial charge in [0.15, 0.2) is 11.8 Å². The van der Waals surface area contributed by atoms with Gasteiger partial charge in [-0.15, -0.1) is 16.8 Å². The highest BCUT2D eigenvalue weighted by atomic mass is 16.2. The molecule has 10 nitrogen and oxygen atoms in total. The zero-order valence-corrected chi connectivity index (χ0v) is 16.6. The summed E-state index contributed by atoms with van der Waals surface area (Å²) in [6, 6.07) is 0.185. The van der Waals surface area contributed by atoms with Crippen LogP contribution in [-0.4, -0.2) is 94.1 Å². The van der Waals surface area contributed by atoms with E-state index in [9.17, 15) is 4.79 Å². The number of hydrogen-bond donors (Lipinski definition) is 1. The summed E-state index contributed by atoms with van der Waals surface area (Å²) < 4.78 is 1.87. The number of carbonyl (C=O) groups excluding carboxylic acids is 1. The summed E-state index contributed by atoms with van der Waals surface area (Å²) in [5.41, 5.74) is 0.748. The number of aliphatic imine (C=N–C) groups is 1. The lowest BCUT2D eigenvalue weighted by Crippen LogP contribution is -2.57. The number of piperazine rings is 1. The Hall–Kier alpha value is -3.17. The minimum atomic E-state index is -0.0349. The van der Waals surface area contributed by atoms with Gasteiger partial charge in [-0.25, -0.2) is 9.98 Å². The van der Waals surface area contributed by atoms with Crippen molar-refractivity contribution in [3.63, 3.8) is 0 Å². The van der Waals surface area contributed by atoms with Gasteiger partial charge in [0.25, 0.3) is 0 Å². The first-order valence-electron chi connectivity index (χ1n) is 9.26. The maximum absolute atomic E-state index is 11.9. The van der Waals surface area contributed by atoms with Crippen molar-refractivity contribution in [2.75, 3.05) is 51.7 Å². The van der Waals surface area contributed by atoms with Crippen LogP contribution < -0.4 is 10.2 Å². The maximum Gasteiger partial charge on any atom is 0.243 e. The topological polar surface area (TPSA) is 94.3 Å². The summed E-state index contributed by atoms with van der Waals surface area (Å²) in [5, 5.41) is 11.4. The third-order valence-electron chi connectivity index (χ3n) is 4.66. The van der Waals surface area contributed by atoms with E-state index >= 15 is 0 Å². The molecule has 1 saturated heterocycles. The second-order valence-electron chi connectivity index (χ2n) is 6.90. The van der Waals surface area contributed by atoms with Gasteiger partial charge in [0.05, 0.1) is 0 Å². The molecule has 1 amide bonds. The zero-order valence-electron chi connectivity index (χ0n) is 16.6. The summed E-state index contributed by atoms with van der Waals surface area (Å²) in [6.45, 7) is 8.85. The summed E-state index contributed by atoms with van der Waals surface area (Å²) in [7, 11) is 3.46. The molecule has 1 unspecified atom stereocenters. The maximum atomic E-state index is 11.9. The highest BCUT2D eigenvalue weighted by molar-refractivity contribution is 5.85. The van der Waals surface area contributed by atoms with E-state index in [1.54, 1.807) is 37.6 Å². The fourth-order valence-electron chi connectivity index (χ4n) is 3.13. The highest BCUT2D eigenvalue weighted by Gasteiger charge is 2.28. The molecule has 1 fully saturated rings. The van der Waals surface area contributed by atoms with Gasteiger partial charge in [0.1, 0.15) is 12.9 Å². The number of hydrogen-bond acceptors (Lipinski definition) is 6. The van der Waals surface area contributed by atoms with Gasteiger partial charge in [0.2, 0.25) is 11.6 Å². The molecule has 0 spiro atoms. The molecule has 0 aromatic carbocycles. The molecular formula is C18H27N9O. The van der Waals surface area contributed by atoms with Crippen LogP contribution in [0.4, 0.5) is 5.82 Å². The van der Waals surface area contributed by atoms with E-state index in [1.165, 1.54) is 0 Å². The third-order valence-corrected chi connectivity index (χ3v) is 4.66. The molecule has 2 aromatic heterocycles. The molecule has 0 radical (unpaired) electrons. The van der Waals surface area contributed by atoms with Crippen LogP contribution in [0.15, 0.2) is 36.4 Å². The monoisotopic (exact) mass is 385 g/mol. The van der Waals surface area contributed by atoms with Gasteiger partial charge in [-0.2, -0.15) is 0 Å². The second kappa shape index (κ2) is 8.68. The number of aromatic nitrogens is 4. The van der Waals surface area contributed by atoms with Gasteiger partial charge < -0.3 is 20.0 Å². The van der Waals surface area contributed by atoms with Crippen LogP contribution in [-0.2, 0) is 4.79 Å². The number of nitrogens with zero attached hydrogens (tertiary/aromatic N) is 8. The fraction of sp³-hybridized carbons (Fsp3) is 0.500. The Morgan fingerprint density at radius 1 is 1.46 bits per heavy atom. The van der Waals surface area contributed by atoms with E-state index in [0.29, 0.717) is 6.54 Å². The van der Waals surface area contributed by atoms with E-state index in [4.69, 9.17) is 0 Å². The van der Waals surface area contributed by atoms with E-state index in [2.05, 4.69) is 48.8 Å². The molecule has 3 rings (SSSR count). The van der Waals surface area contributed by atoms with Crippen LogP contribution >= 0.6 is 0 Å². The SMILES string of the molecule is C=CCNC(=NCC(=O)N(C)C)N1CCN(c2nccn3cnnc23)C(C)C1. The first-order chi connectivity index (χ1) is 13.5. The van der Waals surface area contributed by atoms with Crippen LogP contribution in [0.25, 0.3) is 5.65 Å². The molecule has 2 aromatic rings. The number of likely N-dealkylation sites (N-methyl/N-ethyl adjacent to an activating group) is 1. The predicted octanol–water partition coefficient (Wildman–Crippen LogP) is -0.145. The van der Waals surface area contributed by atoms with Crippen LogP contribution in [0, 0.1) is 0 Å². The minimum Gasteiger partial charge on any atom is -0.353 e. The van der Waals surface area contributed by atoms with Gasteiger partial charge in [0, 0.05) is 58.7 Å². The largest absolute Gasteiger partial charge is 0.353 e. The number of fused-ring (bicyclic) bond motifs is 1. The molecule has 0 aliphatic carbocycles. The lowest BCUT2D eigenvalue weighted by atomic mass is 10.2. The fourth-order valence-corrected chi connectivity index (χ4v) is 3.13. The van der Waals surface area contributed by atoms with Crippen LogP contribution in [0.3, 0.4) is 0 Å². The molecule has 3 heterocycles. The van der Waals surface area contributed by atoms with E-state index < -0.39 is 0 Å². The highest BCUT2D eigenvalue weighted by Crippen LogP contribution is 2.21. The molecule has 1 aliphatic heterocycles. The number of rotatable bonds is 5. The van der Waals surface area contributed by atoms with E-state index in [0.717, 1.165) is 37.1 Å². The van der Waals surface area contributed by atoms with Gasteiger partial charge in [-0.05, 0) is 6.92 Å². The third kappa shape index (κ3) is 4.21. The number of amides is 1. The summed E-state index contributed by atoms with van der Waals surface area (Å²) in [4.78, 5) is 26.9. The molecule has 0 saturated carbocycles. The lowest BCUT2D eigenvalue weighted by molar-refractivity contribution is -0.127. The van der Waals surface area contributed by atoms with Crippen molar-refractivity contribution in [2.45, 2.75) is 13.0 Å². The first kappa shape index (κ1) is 19.6. The Balaban J connectivity index is 1.74. The molecule has 28 heavy (non-hydrogen) atoms. The molecule has 1 atom stereocenters. The van der Waals surface area contributed by atoms with Gasteiger partial charge >= 0.3 is 0 Å². The van der Waals surface area contributed by atoms with Crippen molar-refractivity contribution in [2.24, 2.45) is 4.99 Å². The molecule has 1 aliphatic rings. The van der Waals surface area contributed by atoms with Gasteiger partial charge in [-0.3, -0.25) is 9.20 Å². The Labute approximate surface area is 164 Å².